The summed E-state index contributed by atoms with van der Waals surface area (Å²) in [5.41, 5.74) is 1.06. The number of hydrogen-bond donors (Lipinski definition) is 0. The number of esters is 1. The van der Waals surface area contributed by atoms with Gasteiger partial charge >= 0.3 is 5.97 Å². The van der Waals surface area contributed by atoms with E-state index in [-0.39, 0.29) is 24.3 Å². The minimum absolute atomic E-state index is 0.0411. The van der Waals surface area contributed by atoms with Gasteiger partial charge in [0, 0.05) is 13.5 Å². The van der Waals surface area contributed by atoms with Gasteiger partial charge in [0.2, 0.25) is 5.91 Å². The summed E-state index contributed by atoms with van der Waals surface area (Å²) in [7, 11) is 0. The topological polar surface area (TPSA) is 46.6 Å². The van der Waals surface area contributed by atoms with Crippen LogP contribution in [-0.2, 0) is 14.3 Å². The largest absolute Gasteiger partial charge is 0.466 e. The highest BCUT2D eigenvalue weighted by molar-refractivity contribution is 5.75. The summed E-state index contributed by atoms with van der Waals surface area (Å²) in [6.45, 7) is 6.00. The first-order chi connectivity index (χ1) is 9.06. The van der Waals surface area contributed by atoms with Gasteiger partial charge in [-0.2, -0.15) is 0 Å². The van der Waals surface area contributed by atoms with Crippen molar-refractivity contribution in [1.29, 1.82) is 0 Å². The van der Waals surface area contributed by atoms with Gasteiger partial charge in [-0.25, -0.2) is 0 Å². The van der Waals surface area contributed by atoms with Crippen molar-refractivity contribution in [3.05, 3.63) is 35.9 Å². The summed E-state index contributed by atoms with van der Waals surface area (Å²) in [5.74, 6) is -0.310. The molecule has 0 spiro atoms. The van der Waals surface area contributed by atoms with Gasteiger partial charge in [0.05, 0.1) is 19.1 Å². The van der Waals surface area contributed by atoms with E-state index < -0.39 is 0 Å². The molecule has 1 aromatic rings. The van der Waals surface area contributed by atoms with Crippen molar-refractivity contribution < 1.29 is 14.3 Å². The van der Waals surface area contributed by atoms with E-state index in [1.165, 1.54) is 6.92 Å². The Morgan fingerprint density at radius 3 is 2.42 bits per heavy atom. The first-order valence-electron chi connectivity index (χ1n) is 6.54. The van der Waals surface area contributed by atoms with E-state index in [9.17, 15) is 9.59 Å². The molecule has 0 aromatic heterocycles. The molecule has 1 rings (SSSR count). The SMILES string of the molecule is CCOC(=O)CCN(C(C)=O)C(C)c1ccccc1. The lowest BCUT2D eigenvalue weighted by Gasteiger charge is -2.28. The van der Waals surface area contributed by atoms with Gasteiger partial charge in [-0.15, -0.1) is 0 Å². The van der Waals surface area contributed by atoms with Gasteiger partial charge in [-0.3, -0.25) is 9.59 Å². The van der Waals surface area contributed by atoms with Crippen LogP contribution in [0.15, 0.2) is 30.3 Å². The highest BCUT2D eigenvalue weighted by atomic mass is 16.5. The highest BCUT2D eigenvalue weighted by Gasteiger charge is 2.19. The Labute approximate surface area is 114 Å². The summed E-state index contributed by atoms with van der Waals surface area (Å²) in [6.07, 6.45) is 0.227. The Morgan fingerprint density at radius 2 is 1.89 bits per heavy atom. The molecule has 0 heterocycles. The zero-order valence-electron chi connectivity index (χ0n) is 11.8. The quantitative estimate of drug-likeness (QED) is 0.741. The number of rotatable bonds is 6. The summed E-state index contributed by atoms with van der Waals surface area (Å²) in [5, 5.41) is 0. The predicted molar refractivity (Wildman–Crippen MR) is 73.5 cm³/mol. The molecule has 0 aliphatic rings. The van der Waals surface area contributed by atoms with Crippen LogP contribution >= 0.6 is 0 Å². The molecule has 0 bridgehead atoms. The Balaban J connectivity index is 2.67. The predicted octanol–water partition coefficient (Wildman–Crippen LogP) is 2.55. The van der Waals surface area contributed by atoms with Gasteiger partial charge < -0.3 is 9.64 Å². The number of ether oxygens (including phenoxy) is 1. The van der Waals surface area contributed by atoms with Gasteiger partial charge in [-0.1, -0.05) is 30.3 Å². The normalized spacial score (nSPS) is 11.7. The molecule has 0 N–H and O–H groups in total. The van der Waals surface area contributed by atoms with Gasteiger partial charge in [0.1, 0.15) is 0 Å². The summed E-state index contributed by atoms with van der Waals surface area (Å²) in [4.78, 5) is 24.8. The number of carbonyl (C=O) groups excluding carboxylic acids is 2. The average Bonchev–Trinajstić information content (AvgIpc) is 2.39. The van der Waals surface area contributed by atoms with Crippen molar-refractivity contribution in [2.24, 2.45) is 0 Å². The van der Waals surface area contributed by atoms with Crippen LogP contribution < -0.4 is 0 Å². The first-order valence-corrected chi connectivity index (χ1v) is 6.54. The van der Waals surface area contributed by atoms with Crippen molar-refractivity contribution in [3.63, 3.8) is 0 Å². The maximum Gasteiger partial charge on any atom is 0.307 e. The summed E-state index contributed by atoms with van der Waals surface area (Å²) >= 11 is 0. The number of benzene rings is 1. The van der Waals surface area contributed by atoms with Crippen molar-refractivity contribution in [2.75, 3.05) is 13.2 Å². The molecule has 0 aliphatic heterocycles. The van der Waals surface area contributed by atoms with Crippen molar-refractivity contribution in [3.8, 4) is 0 Å². The second kappa shape index (κ2) is 7.56. The van der Waals surface area contributed by atoms with Crippen LogP contribution in [0.3, 0.4) is 0 Å². The van der Waals surface area contributed by atoms with Gasteiger partial charge in [-0.05, 0) is 19.4 Å². The Bertz CT molecular complexity index is 417. The number of amides is 1. The molecule has 0 aliphatic carbocycles. The number of hydrogen-bond acceptors (Lipinski definition) is 3. The third-order valence-electron chi connectivity index (χ3n) is 3.02. The molecule has 0 fully saturated rings. The Kier molecular flexibility index (Phi) is 6.06. The van der Waals surface area contributed by atoms with Crippen molar-refractivity contribution in [2.45, 2.75) is 33.2 Å². The molecule has 1 unspecified atom stereocenters. The van der Waals surface area contributed by atoms with E-state index >= 15 is 0 Å². The minimum atomic E-state index is -0.269. The lowest BCUT2D eigenvalue weighted by molar-refractivity contribution is -0.144. The lowest BCUT2D eigenvalue weighted by atomic mass is 10.1. The third kappa shape index (κ3) is 4.73. The van der Waals surface area contributed by atoms with Crippen LogP contribution in [0, 0.1) is 0 Å². The molecule has 19 heavy (non-hydrogen) atoms. The maximum atomic E-state index is 11.7. The molecule has 104 valence electrons. The molecule has 1 aromatic carbocycles. The van der Waals surface area contributed by atoms with E-state index in [2.05, 4.69) is 0 Å². The molecule has 4 nitrogen and oxygen atoms in total. The number of carbonyl (C=O) groups is 2. The van der Waals surface area contributed by atoms with Gasteiger partial charge in [0.25, 0.3) is 0 Å². The van der Waals surface area contributed by atoms with Crippen LogP contribution in [0.25, 0.3) is 0 Å². The monoisotopic (exact) mass is 263 g/mol. The average molecular weight is 263 g/mol. The molecule has 1 atom stereocenters. The molecule has 0 saturated heterocycles. The van der Waals surface area contributed by atoms with E-state index in [1.54, 1.807) is 11.8 Å². The van der Waals surface area contributed by atoms with E-state index in [4.69, 9.17) is 4.74 Å². The second-order valence-corrected chi connectivity index (χ2v) is 4.35. The van der Waals surface area contributed by atoms with Crippen LogP contribution in [0.1, 0.15) is 38.8 Å². The van der Waals surface area contributed by atoms with Gasteiger partial charge in [0.15, 0.2) is 0 Å². The smallest absolute Gasteiger partial charge is 0.307 e. The molecule has 4 heteroatoms. The van der Waals surface area contributed by atoms with Crippen LogP contribution in [-0.4, -0.2) is 29.9 Å². The van der Waals surface area contributed by atoms with Crippen LogP contribution in [0.5, 0.6) is 0 Å². The van der Waals surface area contributed by atoms with Crippen molar-refractivity contribution >= 4 is 11.9 Å². The fourth-order valence-corrected chi connectivity index (χ4v) is 1.98. The summed E-state index contributed by atoms with van der Waals surface area (Å²) < 4.78 is 4.88. The fourth-order valence-electron chi connectivity index (χ4n) is 1.98. The standard InChI is InChI=1S/C15H21NO3/c1-4-19-15(18)10-11-16(13(3)17)12(2)14-8-6-5-7-9-14/h5-9,12H,4,10-11H2,1-3H3. The molecular weight excluding hydrogens is 242 g/mol. The molecule has 0 radical (unpaired) electrons. The Hall–Kier alpha value is -1.84. The highest BCUT2D eigenvalue weighted by Crippen LogP contribution is 2.20. The minimum Gasteiger partial charge on any atom is -0.466 e. The molecule has 1 amide bonds. The zero-order valence-corrected chi connectivity index (χ0v) is 11.8. The first kappa shape index (κ1) is 15.2. The van der Waals surface area contributed by atoms with Crippen molar-refractivity contribution in [1.82, 2.24) is 4.90 Å². The van der Waals surface area contributed by atoms with E-state index in [0.717, 1.165) is 5.56 Å². The third-order valence-corrected chi connectivity index (χ3v) is 3.02. The zero-order chi connectivity index (χ0) is 14.3. The Morgan fingerprint density at radius 1 is 1.26 bits per heavy atom. The van der Waals surface area contributed by atoms with Crippen LogP contribution in [0.4, 0.5) is 0 Å². The molecular formula is C15H21NO3. The van der Waals surface area contributed by atoms with E-state index in [0.29, 0.717) is 13.2 Å². The van der Waals surface area contributed by atoms with E-state index in [1.807, 2.05) is 37.3 Å². The molecule has 0 saturated carbocycles. The lowest BCUT2D eigenvalue weighted by Crippen LogP contribution is -2.33. The second-order valence-electron chi connectivity index (χ2n) is 4.35. The summed E-state index contributed by atoms with van der Waals surface area (Å²) in [6, 6.07) is 9.72. The maximum absolute atomic E-state index is 11.7. The fraction of sp³-hybridized carbons (Fsp3) is 0.467. The van der Waals surface area contributed by atoms with Crippen LogP contribution in [0.2, 0.25) is 0 Å². The number of nitrogens with zero attached hydrogens (tertiary/aromatic N) is 1.